The number of likely N-dealkylation sites (N-methyl/N-ethyl adjacent to an activating group) is 1. The number of aliphatic hydroxyl groups is 1. The van der Waals surface area contributed by atoms with Gasteiger partial charge in [0.05, 0.1) is 0 Å². The lowest BCUT2D eigenvalue weighted by molar-refractivity contribution is 0.0598. The number of allylic oxidation sites excluding steroid dienone is 1. The molecule has 0 saturated carbocycles. The highest BCUT2D eigenvalue weighted by Gasteiger charge is 2.07. The smallest absolute Gasteiger partial charge is 0.126 e. The highest BCUT2D eigenvalue weighted by atomic mass is 16.3. The summed E-state index contributed by atoms with van der Waals surface area (Å²) in [4.78, 5) is 1.95. The molecular weight excluding hydrogens is 126 g/mol. The van der Waals surface area contributed by atoms with Crippen molar-refractivity contribution in [3.8, 4) is 0 Å². The number of aliphatic hydroxyl groups excluding tert-OH is 1. The van der Waals surface area contributed by atoms with Gasteiger partial charge in [-0.15, -0.1) is 0 Å². The molecule has 1 N–H and O–H groups in total. The third-order valence-electron chi connectivity index (χ3n) is 1.89. The van der Waals surface area contributed by atoms with Crippen molar-refractivity contribution < 1.29 is 5.11 Å². The topological polar surface area (TPSA) is 23.5 Å². The van der Waals surface area contributed by atoms with Crippen LogP contribution in [0, 0.1) is 0 Å². The van der Waals surface area contributed by atoms with Crippen LogP contribution in [-0.2, 0) is 0 Å². The van der Waals surface area contributed by atoms with Crippen molar-refractivity contribution in [2.75, 3.05) is 13.6 Å². The van der Waals surface area contributed by atoms with Crippen LogP contribution >= 0.6 is 0 Å². The number of hydrogen-bond acceptors (Lipinski definition) is 2. The molecule has 2 heteroatoms. The minimum absolute atomic E-state index is 0.361. The third kappa shape index (κ3) is 2.12. The fourth-order valence-corrected chi connectivity index (χ4v) is 1.12. The Morgan fingerprint density at radius 1 is 1.50 bits per heavy atom. The van der Waals surface area contributed by atoms with Crippen LogP contribution in [0.5, 0.6) is 0 Å². The Labute approximate surface area is 62.2 Å². The van der Waals surface area contributed by atoms with Crippen molar-refractivity contribution in [2.24, 2.45) is 0 Å². The average Bonchev–Trinajstić information content (AvgIpc) is 1.92. The summed E-state index contributed by atoms with van der Waals surface area (Å²) in [5.74, 6) is 0. The van der Waals surface area contributed by atoms with Crippen molar-refractivity contribution in [1.82, 2.24) is 4.90 Å². The SMILES string of the molecule is CN1CCCC/C=C/C1O. The average molecular weight is 141 g/mol. The molecule has 0 aromatic heterocycles. The van der Waals surface area contributed by atoms with E-state index < -0.39 is 0 Å². The molecule has 0 bridgehead atoms. The van der Waals surface area contributed by atoms with Gasteiger partial charge >= 0.3 is 0 Å². The summed E-state index contributed by atoms with van der Waals surface area (Å²) >= 11 is 0. The maximum atomic E-state index is 9.32. The van der Waals surface area contributed by atoms with Crippen LogP contribution in [-0.4, -0.2) is 29.8 Å². The number of hydrogen-bond donors (Lipinski definition) is 1. The first kappa shape index (κ1) is 7.76. The van der Waals surface area contributed by atoms with E-state index >= 15 is 0 Å². The molecule has 0 saturated heterocycles. The van der Waals surface area contributed by atoms with E-state index in [0.717, 1.165) is 13.0 Å². The molecule has 0 aromatic carbocycles. The van der Waals surface area contributed by atoms with Gasteiger partial charge in [-0.3, -0.25) is 4.90 Å². The quantitative estimate of drug-likeness (QED) is 0.508. The first-order valence-corrected chi connectivity index (χ1v) is 3.85. The summed E-state index contributed by atoms with van der Waals surface area (Å²) in [5.41, 5.74) is 0. The zero-order valence-corrected chi connectivity index (χ0v) is 6.45. The normalized spacial score (nSPS) is 32.8. The predicted octanol–water partition coefficient (Wildman–Crippen LogP) is 0.977. The van der Waals surface area contributed by atoms with Gasteiger partial charge in [-0.05, 0) is 32.4 Å². The standard InChI is InChI=1S/C8H15NO/c1-9-7-5-3-2-4-6-8(9)10/h4,6,8,10H,2-3,5,7H2,1H3/b6-4+. The van der Waals surface area contributed by atoms with Crippen molar-refractivity contribution in [3.05, 3.63) is 12.2 Å². The van der Waals surface area contributed by atoms with Crippen molar-refractivity contribution >= 4 is 0 Å². The minimum Gasteiger partial charge on any atom is -0.375 e. The molecule has 1 heterocycles. The van der Waals surface area contributed by atoms with E-state index in [-0.39, 0.29) is 6.23 Å². The van der Waals surface area contributed by atoms with Crippen LogP contribution in [0.1, 0.15) is 19.3 Å². The summed E-state index contributed by atoms with van der Waals surface area (Å²) in [7, 11) is 1.94. The van der Waals surface area contributed by atoms with Gasteiger partial charge in [0.25, 0.3) is 0 Å². The molecule has 0 spiro atoms. The van der Waals surface area contributed by atoms with E-state index in [2.05, 4.69) is 6.08 Å². The third-order valence-corrected chi connectivity index (χ3v) is 1.89. The minimum atomic E-state index is -0.361. The summed E-state index contributed by atoms with van der Waals surface area (Å²) in [6.07, 6.45) is 7.11. The Hall–Kier alpha value is -0.340. The highest BCUT2D eigenvalue weighted by molar-refractivity contribution is 4.89. The summed E-state index contributed by atoms with van der Waals surface area (Å²) in [6.45, 7) is 1.01. The van der Waals surface area contributed by atoms with Crippen molar-refractivity contribution in [1.29, 1.82) is 0 Å². The second kappa shape index (κ2) is 3.74. The van der Waals surface area contributed by atoms with Gasteiger partial charge in [-0.25, -0.2) is 0 Å². The van der Waals surface area contributed by atoms with E-state index in [4.69, 9.17) is 0 Å². The second-order valence-electron chi connectivity index (χ2n) is 2.82. The first-order valence-electron chi connectivity index (χ1n) is 3.85. The Balaban J connectivity index is 2.44. The lowest BCUT2D eigenvalue weighted by atomic mass is 10.2. The maximum Gasteiger partial charge on any atom is 0.126 e. The molecule has 2 nitrogen and oxygen atoms in total. The predicted molar refractivity (Wildman–Crippen MR) is 41.6 cm³/mol. The molecule has 0 aliphatic carbocycles. The molecule has 1 rings (SSSR count). The highest BCUT2D eigenvalue weighted by Crippen LogP contribution is 2.06. The van der Waals surface area contributed by atoms with Crippen LogP contribution in [0.4, 0.5) is 0 Å². The van der Waals surface area contributed by atoms with E-state index in [0.29, 0.717) is 0 Å². The van der Waals surface area contributed by atoms with Crippen LogP contribution in [0.3, 0.4) is 0 Å². The molecule has 0 fully saturated rings. The molecule has 0 radical (unpaired) electrons. The molecule has 0 amide bonds. The fraction of sp³-hybridized carbons (Fsp3) is 0.750. The van der Waals surface area contributed by atoms with Gasteiger partial charge in [0.1, 0.15) is 6.23 Å². The Morgan fingerprint density at radius 2 is 2.30 bits per heavy atom. The van der Waals surface area contributed by atoms with Crippen molar-refractivity contribution in [2.45, 2.75) is 25.5 Å². The van der Waals surface area contributed by atoms with Crippen molar-refractivity contribution in [3.63, 3.8) is 0 Å². The zero-order chi connectivity index (χ0) is 7.40. The van der Waals surface area contributed by atoms with E-state index in [9.17, 15) is 5.11 Å². The van der Waals surface area contributed by atoms with Gasteiger partial charge in [0.15, 0.2) is 0 Å². The lowest BCUT2D eigenvalue weighted by Crippen LogP contribution is -2.31. The van der Waals surface area contributed by atoms with Crippen LogP contribution in [0.2, 0.25) is 0 Å². The van der Waals surface area contributed by atoms with E-state index in [1.807, 2.05) is 18.0 Å². The first-order chi connectivity index (χ1) is 4.80. The Bertz CT molecular complexity index is 122. The number of nitrogens with zero attached hydrogens (tertiary/aromatic N) is 1. The monoisotopic (exact) mass is 141 g/mol. The molecule has 1 atom stereocenters. The zero-order valence-electron chi connectivity index (χ0n) is 6.45. The van der Waals surface area contributed by atoms with Gasteiger partial charge in [-0.2, -0.15) is 0 Å². The Morgan fingerprint density at radius 3 is 3.10 bits per heavy atom. The summed E-state index contributed by atoms with van der Waals surface area (Å²) < 4.78 is 0. The fourth-order valence-electron chi connectivity index (χ4n) is 1.12. The van der Waals surface area contributed by atoms with Crippen LogP contribution in [0.25, 0.3) is 0 Å². The van der Waals surface area contributed by atoms with Gasteiger partial charge in [0, 0.05) is 6.54 Å². The molecule has 1 aliphatic heterocycles. The van der Waals surface area contributed by atoms with E-state index in [1.165, 1.54) is 12.8 Å². The molecule has 1 unspecified atom stereocenters. The number of rotatable bonds is 0. The maximum absolute atomic E-state index is 9.32. The molecule has 58 valence electrons. The lowest BCUT2D eigenvalue weighted by Gasteiger charge is -2.21. The largest absolute Gasteiger partial charge is 0.375 e. The molecule has 0 aromatic rings. The summed E-state index contributed by atoms with van der Waals surface area (Å²) in [5, 5.41) is 9.32. The molecule has 10 heavy (non-hydrogen) atoms. The second-order valence-corrected chi connectivity index (χ2v) is 2.82. The van der Waals surface area contributed by atoms with Crippen LogP contribution < -0.4 is 0 Å². The molecule has 1 aliphatic rings. The van der Waals surface area contributed by atoms with Gasteiger partial charge in [0.2, 0.25) is 0 Å². The van der Waals surface area contributed by atoms with E-state index in [1.54, 1.807) is 0 Å². The summed E-state index contributed by atoms with van der Waals surface area (Å²) in [6, 6.07) is 0. The Kier molecular flexibility index (Phi) is 2.90. The molecular formula is C8H15NO. The van der Waals surface area contributed by atoms with Gasteiger partial charge < -0.3 is 5.11 Å². The van der Waals surface area contributed by atoms with Crippen LogP contribution in [0.15, 0.2) is 12.2 Å². The van der Waals surface area contributed by atoms with Gasteiger partial charge in [-0.1, -0.05) is 6.08 Å².